The number of amides is 1. The Hall–Kier alpha value is -3.17. The molecular formula is C19H12N2O5S2. The van der Waals surface area contributed by atoms with Crippen molar-refractivity contribution >= 4 is 46.0 Å². The van der Waals surface area contributed by atoms with E-state index in [4.69, 9.17) is 21.1 Å². The van der Waals surface area contributed by atoms with Crippen LogP contribution in [-0.4, -0.2) is 20.1 Å². The number of nitrogens with zero attached hydrogens (tertiary/aromatic N) is 2. The van der Waals surface area contributed by atoms with E-state index < -0.39 is 4.92 Å². The molecular weight excluding hydrogens is 400 g/mol. The lowest BCUT2D eigenvalue weighted by molar-refractivity contribution is -0.384. The number of thiocarbonyl (C=S) groups is 1. The van der Waals surface area contributed by atoms with Gasteiger partial charge in [-0.3, -0.25) is 19.8 Å². The van der Waals surface area contributed by atoms with E-state index in [2.05, 4.69) is 0 Å². The minimum Gasteiger partial charge on any atom is -0.467 e. The zero-order valence-corrected chi connectivity index (χ0v) is 15.9. The Morgan fingerprint density at radius 1 is 1.18 bits per heavy atom. The van der Waals surface area contributed by atoms with E-state index in [9.17, 15) is 14.9 Å². The van der Waals surface area contributed by atoms with Gasteiger partial charge >= 0.3 is 0 Å². The SMILES string of the molecule is O=C1/C(=C/c2ccc(-c3ccccc3[N+](=O)[O-])o2)SC(=S)N1Cc1ccco1. The van der Waals surface area contributed by atoms with Gasteiger partial charge in [-0.15, -0.1) is 0 Å². The van der Waals surface area contributed by atoms with Crippen molar-refractivity contribution in [2.24, 2.45) is 0 Å². The molecule has 7 nitrogen and oxygen atoms in total. The fourth-order valence-electron chi connectivity index (χ4n) is 2.74. The van der Waals surface area contributed by atoms with Crippen LogP contribution in [0.3, 0.4) is 0 Å². The largest absolute Gasteiger partial charge is 0.467 e. The molecule has 4 rings (SSSR count). The maximum absolute atomic E-state index is 12.6. The summed E-state index contributed by atoms with van der Waals surface area (Å²) in [6.07, 6.45) is 3.12. The maximum Gasteiger partial charge on any atom is 0.280 e. The molecule has 1 saturated heterocycles. The van der Waals surface area contributed by atoms with Crippen LogP contribution in [0.2, 0.25) is 0 Å². The lowest BCUT2D eigenvalue weighted by atomic mass is 10.1. The van der Waals surface area contributed by atoms with Gasteiger partial charge < -0.3 is 8.83 Å². The summed E-state index contributed by atoms with van der Waals surface area (Å²) in [5.74, 6) is 1.15. The molecule has 1 aromatic carbocycles. The molecule has 0 N–H and O–H groups in total. The predicted octanol–water partition coefficient (Wildman–Crippen LogP) is 4.85. The first-order valence-corrected chi connectivity index (χ1v) is 9.37. The Balaban J connectivity index is 1.58. The third-order valence-electron chi connectivity index (χ3n) is 4.03. The van der Waals surface area contributed by atoms with Crippen LogP contribution >= 0.6 is 24.0 Å². The average molecular weight is 412 g/mol. The molecule has 2 aromatic heterocycles. The van der Waals surface area contributed by atoms with Crippen LogP contribution in [0, 0.1) is 10.1 Å². The Morgan fingerprint density at radius 3 is 2.75 bits per heavy atom. The van der Waals surface area contributed by atoms with Crippen LogP contribution in [0.15, 0.2) is 68.5 Å². The fourth-order valence-corrected chi connectivity index (χ4v) is 3.98. The van der Waals surface area contributed by atoms with Gasteiger partial charge in [0, 0.05) is 12.1 Å². The van der Waals surface area contributed by atoms with E-state index in [1.807, 2.05) is 0 Å². The first-order valence-electron chi connectivity index (χ1n) is 8.14. The quantitative estimate of drug-likeness (QED) is 0.256. The van der Waals surface area contributed by atoms with Crippen molar-refractivity contribution < 1.29 is 18.6 Å². The van der Waals surface area contributed by atoms with E-state index in [0.29, 0.717) is 32.1 Å². The number of nitro groups is 1. The molecule has 0 aliphatic carbocycles. The van der Waals surface area contributed by atoms with Crippen molar-refractivity contribution in [1.82, 2.24) is 4.90 Å². The summed E-state index contributed by atoms with van der Waals surface area (Å²) in [6, 6.07) is 13.1. The Labute approximate surface area is 168 Å². The highest BCUT2D eigenvalue weighted by molar-refractivity contribution is 8.26. The van der Waals surface area contributed by atoms with Crippen LogP contribution in [0.4, 0.5) is 5.69 Å². The average Bonchev–Trinajstić information content (AvgIpc) is 3.41. The Morgan fingerprint density at radius 2 is 2.00 bits per heavy atom. The molecule has 0 radical (unpaired) electrons. The second-order valence-electron chi connectivity index (χ2n) is 5.82. The van der Waals surface area contributed by atoms with Gasteiger partial charge in [-0.25, -0.2) is 0 Å². The molecule has 1 amide bonds. The molecule has 0 unspecified atom stereocenters. The van der Waals surface area contributed by atoms with Gasteiger partial charge in [0.2, 0.25) is 0 Å². The third kappa shape index (κ3) is 3.49. The number of carbonyl (C=O) groups is 1. The normalized spacial score (nSPS) is 15.6. The smallest absolute Gasteiger partial charge is 0.280 e. The standard InChI is InChI=1S/C19H12N2O5S2/c22-18-17(28-19(27)20(18)11-13-4-3-9-25-13)10-12-7-8-16(26-12)14-5-1-2-6-15(14)21(23)24/h1-10H,11H2/b17-10-. The molecule has 1 aliphatic heterocycles. The van der Waals surface area contributed by atoms with E-state index in [0.717, 1.165) is 0 Å². The van der Waals surface area contributed by atoms with E-state index in [1.54, 1.807) is 48.5 Å². The third-order valence-corrected chi connectivity index (χ3v) is 5.41. The molecule has 1 aliphatic rings. The molecule has 28 heavy (non-hydrogen) atoms. The van der Waals surface area contributed by atoms with Crippen molar-refractivity contribution in [2.75, 3.05) is 0 Å². The van der Waals surface area contributed by atoms with Gasteiger partial charge in [0.15, 0.2) is 0 Å². The van der Waals surface area contributed by atoms with Crippen LogP contribution in [-0.2, 0) is 11.3 Å². The first-order chi connectivity index (χ1) is 13.5. The monoisotopic (exact) mass is 412 g/mol. The molecule has 3 heterocycles. The molecule has 9 heteroatoms. The number of hydrogen-bond acceptors (Lipinski definition) is 7. The van der Waals surface area contributed by atoms with Crippen LogP contribution in [0.1, 0.15) is 11.5 Å². The highest BCUT2D eigenvalue weighted by atomic mass is 32.2. The van der Waals surface area contributed by atoms with Gasteiger partial charge in [-0.2, -0.15) is 0 Å². The fraction of sp³-hybridized carbons (Fsp3) is 0.0526. The highest BCUT2D eigenvalue weighted by Crippen LogP contribution is 2.35. The van der Waals surface area contributed by atoms with Crippen molar-refractivity contribution in [3.8, 4) is 11.3 Å². The van der Waals surface area contributed by atoms with Crippen molar-refractivity contribution in [1.29, 1.82) is 0 Å². The zero-order valence-electron chi connectivity index (χ0n) is 14.2. The van der Waals surface area contributed by atoms with E-state index in [-0.39, 0.29) is 18.1 Å². The molecule has 0 bridgehead atoms. The second kappa shape index (κ2) is 7.45. The number of carbonyl (C=O) groups excluding carboxylic acids is 1. The number of rotatable bonds is 5. The van der Waals surface area contributed by atoms with Crippen molar-refractivity contribution in [3.05, 3.63) is 81.3 Å². The van der Waals surface area contributed by atoms with E-state index >= 15 is 0 Å². The number of benzene rings is 1. The van der Waals surface area contributed by atoms with Gasteiger partial charge in [0.05, 0.1) is 28.2 Å². The summed E-state index contributed by atoms with van der Waals surface area (Å²) < 4.78 is 11.4. The molecule has 0 atom stereocenters. The second-order valence-corrected chi connectivity index (χ2v) is 7.50. The summed E-state index contributed by atoms with van der Waals surface area (Å²) in [5.41, 5.74) is 0.325. The molecule has 3 aromatic rings. The molecule has 140 valence electrons. The van der Waals surface area contributed by atoms with E-state index in [1.165, 1.54) is 29.0 Å². The van der Waals surface area contributed by atoms with Gasteiger partial charge in [-0.05, 0) is 30.3 Å². The summed E-state index contributed by atoms with van der Waals surface area (Å²) in [7, 11) is 0. The van der Waals surface area contributed by atoms with Gasteiger partial charge in [0.1, 0.15) is 21.6 Å². The summed E-state index contributed by atoms with van der Waals surface area (Å²) in [6.45, 7) is 0.259. The predicted molar refractivity (Wildman–Crippen MR) is 108 cm³/mol. The molecule has 1 fully saturated rings. The summed E-state index contributed by atoms with van der Waals surface area (Å²) >= 11 is 6.46. The number of thioether (sulfide) groups is 1. The minimum atomic E-state index is -0.461. The Kier molecular flexibility index (Phi) is 4.84. The number of furan rings is 2. The highest BCUT2D eigenvalue weighted by Gasteiger charge is 2.33. The lowest BCUT2D eigenvalue weighted by Gasteiger charge is -2.11. The van der Waals surface area contributed by atoms with Crippen LogP contribution in [0.5, 0.6) is 0 Å². The Bertz CT molecular complexity index is 1100. The maximum atomic E-state index is 12.6. The molecule has 0 spiro atoms. The number of para-hydroxylation sites is 1. The number of hydrogen-bond donors (Lipinski definition) is 0. The minimum absolute atomic E-state index is 0.0480. The van der Waals surface area contributed by atoms with Gasteiger partial charge in [0.25, 0.3) is 11.6 Å². The van der Waals surface area contributed by atoms with Crippen molar-refractivity contribution in [3.63, 3.8) is 0 Å². The van der Waals surface area contributed by atoms with Crippen LogP contribution < -0.4 is 0 Å². The van der Waals surface area contributed by atoms with Crippen LogP contribution in [0.25, 0.3) is 17.4 Å². The summed E-state index contributed by atoms with van der Waals surface area (Å²) in [4.78, 5) is 25.3. The topological polar surface area (TPSA) is 89.7 Å². The number of nitro benzene ring substituents is 1. The summed E-state index contributed by atoms with van der Waals surface area (Å²) in [5, 5.41) is 11.2. The lowest BCUT2D eigenvalue weighted by Crippen LogP contribution is -2.27. The first kappa shape index (κ1) is 18.2. The zero-order chi connectivity index (χ0) is 19.7. The molecule has 0 saturated carbocycles. The van der Waals surface area contributed by atoms with Gasteiger partial charge in [-0.1, -0.05) is 36.1 Å². The van der Waals surface area contributed by atoms with Crippen molar-refractivity contribution in [2.45, 2.75) is 6.54 Å².